The number of aromatic nitrogens is 2. The lowest BCUT2D eigenvalue weighted by Gasteiger charge is -2.10. The molecule has 6 nitrogen and oxygen atoms in total. The number of nitrogens with zero attached hydrogens (tertiary/aromatic N) is 2. The molecule has 2 heterocycles. The Morgan fingerprint density at radius 3 is 2.84 bits per heavy atom. The number of pyridine rings is 1. The van der Waals surface area contributed by atoms with Crippen molar-refractivity contribution in [2.75, 3.05) is 12.4 Å². The molecule has 2 aromatic heterocycles. The summed E-state index contributed by atoms with van der Waals surface area (Å²) in [5.41, 5.74) is 1.18. The van der Waals surface area contributed by atoms with Crippen molar-refractivity contribution in [1.82, 2.24) is 15.3 Å². The molecule has 0 aliphatic carbocycles. The van der Waals surface area contributed by atoms with Crippen LogP contribution >= 0.6 is 0 Å². The van der Waals surface area contributed by atoms with Crippen LogP contribution in [0.5, 0.6) is 0 Å². The van der Waals surface area contributed by atoms with Crippen molar-refractivity contribution >= 4 is 11.6 Å². The maximum absolute atomic E-state index is 12.0. The van der Waals surface area contributed by atoms with Crippen molar-refractivity contribution in [3.63, 3.8) is 0 Å². The largest absolute Gasteiger partial charge is 0.444 e. The number of nitrogens with one attached hydrogen (secondary N) is 2. The molecule has 0 aromatic carbocycles. The Labute approximate surface area is 111 Å². The fourth-order valence-corrected chi connectivity index (χ4v) is 1.61. The van der Waals surface area contributed by atoms with E-state index in [4.69, 9.17) is 4.42 Å². The first-order valence-corrected chi connectivity index (χ1v) is 5.97. The number of anilines is 1. The van der Waals surface area contributed by atoms with E-state index in [2.05, 4.69) is 20.6 Å². The summed E-state index contributed by atoms with van der Waals surface area (Å²) in [6.07, 6.45) is 3.21. The van der Waals surface area contributed by atoms with Crippen LogP contribution in [0.1, 0.15) is 35.1 Å². The number of aryl methyl sites for hydroxylation is 1. The van der Waals surface area contributed by atoms with Crippen LogP contribution in [0.3, 0.4) is 0 Å². The first-order chi connectivity index (χ1) is 9.10. The molecule has 2 aromatic rings. The van der Waals surface area contributed by atoms with Crippen molar-refractivity contribution in [2.24, 2.45) is 0 Å². The van der Waals surface area contributed by atoms with Gasteiger partial charge in [-0.25, -0.2) is 4.98 Å². The average Bonchev–Trinajstić information content (AvgIpc) is 2.85. The summed E-state index contributed by atoms with van der Waals surface area (Å²) >= 11 is 0. The second-order valence-corrected chi connectivity index (χ2v) is 4.18. The van der Waals surface area contributed by atoms with Crippen LogP contribution in [0.4, 0.5) is 5.69 Å². The fraction of sp³-hybridized carbons (Fsp3) is 0.308. The molecule has 2 rings (SSSR count). The first-order valence-electron chi connectivity index (χ1n) is 5.97. The van der Waals surface area contributed by atoms with Crippen molar-refractivity contribution in [2.45, 2.75) is 19.9 Å². The topological polar surface area (TPSA) is 80.0 Å². The molecule has 6 heteroatoms. The van der Waals surface area contributed by atoms with E-state index in [0.717, 1.165) is 5.69 Å². The van der Waals surface area contributed by atoms with Gasteiger partial charge in [0.05, 0.1) is 6.20 Å². The Morgan fingerprint density at radius 2 is 2.21 bits per heavy atom. The lowest BCUT2D eigenvalue weighted by atomic mass is 10.2. The van der Waals surface area contributed by atoms with E-state index in [1.165, 1.54) is 0 Å². The van der Waals surface area contributed by atoms with Crippen molar-refractivity contribution in [3.05, 3.63) is 41.9 Å². The average molecular weight is 260 g/mol. The summed E-state index contributed by atoms with van der Waals surface area (Å²) in [4.78, 5) is 20.2. The molecule has 0 fully saturated rings. The van der Waals surface area contributed by atoms with Gasteiger partial charge in [-0.05, 0) is 26.0 Å². The van der Waals surface area contributed by atoms with E-state index in [9.17, 15) is 4.79 Å². The zero-order valence-corrected chi connectivity index (χ0v) is 11.1. The van der Waals surface area contributed by atoms with Gasteiger partial charge in [0.1, 0.15) is 17.5 Å². The van der Waals surface area contributed by atoms with E-state index >= 15 is 0 Å². The number of hydrogen-bond acceptors (Lipinski definition) is 5. The lowest BCUT2D eigenvalue weighted by molar-refractivity contribution is 0.0929. The smallest absolute Gasteiger partial charge is 0.270 e. The molecule has 0 saturated carbocycles. The van der Waals surface area contributed by atoms with Crippen LogP contribution < -0.4 is 10.6 Å². The van der Waals surface area contributed by atoms with E-state index < -0.39 is 0 Å². The molecule has 0 spiro atoms. The molecule has 1 unspecified atom stereocenters. The van der Waals surface area contributed by atoms with Gasteiger partial charge in [0.25, 0.3) is 5.91 Å². The number of carbonyl (C=O) groups is 1. The summed E-state index contributed by atoms with van der Waals surface area (Å²) in [6.45, 7) is 3.62. The van der Waals surface area contributed by atoms with Gasteiger partial charge in [-0.3, -0.25) is 9.78 Å². The molecular formula is C13H16N4O2. The van der Waals surface area contributed by atoms with Gasteiger partial charge in [-0.1, -0.05) is 0 Å². The number of hydrogen-bond donors (Lipinski definition) is 2. The zero-order valence-electron chi connectivity index (χ0n) is 11.1. The van der Waals surface area contributed by atoms with Crippen LogP contribution in [0.25, 0.3) is 0 Å². The van der Waals surface area contributed by atoms with Crippen molar-refractivity contribution < 1.29 is 9.21 Å². The quantitative estimate of drug-likeness (QED) is 0.877. The molecule has 0 bridgehead atoms. The van der Waals surface area contributed by atoms with Crippen LogP contribution in [0.15, 0.2) is 28.9 Å². The summed E-state index contributed by atoms with van der Waals surface area (Å²) in [6, 6.07) is 3.17. The highest BCUT2D eigenvalue weighted by atomic mass is 16.4. The highest BCUT2D eigenvalue weighted by Crippen LogP contribution is 2.13. The van der Waals surface area contributed by atoms with Crippen LogP contribution in [0.2, 0.25) is 0 Å². The van der Waals surface area contributed by atoms with Crippen LogP contribution in [-0.4, -0.2) is 22.9 Å². The van der Waals surface area contributed by atoms with E-state index in [1.54, 1.807) is 31.6 Å². The molecule has 19 heavy (non-hydrogen) atoms. The summed E-state index contributed by atoms with van der Waals surface area (Å²) in [5.74, 6) is 0.933. The summed E-state index contributed by atoms with van der Waals surface area (Å²) in [5, 5.41) is 5.75. The van der Waals surface area contributed by atoms with E-state index in [1.807, 2.05) is 13.8 Å². The molecule has 2 N–H and O–H groups in total. The Balaban J connectivity index is 2.08. The first kappa shape index (κ1) is 13.1. The molecular weight excluding hydrogens is 244 g/mol. The van der Waals surface area contributed by atoms with Gasteiger partial charge in [-0.2, -0.15) is 0 Å². The molecule has 1 amide bonds. The highest BCUT2D eigenvalue weighted by molar-refractivity contribution is 5.93. The molecule has 0 aliphatic rings. The van der Waals surface area contributed by atoms with Crippen LogP contribution in [0, 0.1) is 6.92 Å². The summed E-state index contributed by atoms with van der Waals surface area (Å²) in [7, 11) is 1.79. The zero-order chi connectivity index (χ0) is 13.8. The Hall–Kier alpha value is -2.37. The van der Waals surface area contributed by atoms with Gasteiger partial charge in [-0.15, -0.1) is 0 Å². The van der Waals surface area contributed by atoms with E-state index in [0.29, 0.717) is 17.3 Å². The van der Waals surface area contributed by atoms with Gasteiger partial charge in [0.2, 0.25) is 5.89 Å². The number of carbonyl (C=O) groups excluding carboxylic acids is 1. The minimum absolute atomic E-state index is 0.263. The Kier molecular flexibility index (Phi) is 3.79. The minimum Gasteiger partial charge on any atom is -0.444 e. The third-order valence-corrected chi connectivity index (χ3v) is 2.64. The monoisotopic (exact) mass is 260 g/mol. The van der Waals surface area contributed by atoms with Gasteiger partial charge in [0, 0.05) is 18.9 Å². The third-order valence-electron chi connectivity index (χ3n) is 2.64. The van der Waals surface area contributed by atoms with Gasteiger partial charge >= 0.3 is 0 Å². The lowest BCUT2D eigenvalue weighted by Crippen LogP contribution is -2.27. The molecule has 100 valence electrons. The maximum Gasteiger partial charge on any atom is 0.270 e. The van der Waals surface area contributed by atoms with Crippen LogP contribution in [-0.2, 0) is 0 Å². The van der Waals surface area contributed by atoms with Gasteiger partial charge in [0.15, 0.2) is 0 Å². The van der Waals surface area contributed by atoms with Crippen molar-refractivity contribution in [1.29, 1.82) is 0 Å². The second kappa shape index (κ2) is 5.51. The predicted molar refractivity (Wildman–Crippen MR) is 70.9 cm³/mol. The Morgan fingerprint density at radius 1 is 1.42 bits per heavy atom. The molecule has 0 saturated heterocycles. The molecule has 0 aliphatic heterocycles. The number of amides is 1. The highest BCUT2D eigenvalue weighted by Gasteiger charge is 2.16. The van der Waals surface area contributed by atoms with E-state index in [-0.39, 0.29) is 11.9 Å². The standard InChI is InChI=1S/C13H16N4O2/c1-8-7-16-13(19-8)9(2)17-12(18)11-6-10(14-3)4-5-15-11/h4-7,9H,1-3H3,(H,14,15)(H,17,18). The minimum atomic E-state index is -0.304. The fourth-order valence-electron chi connectivity index (χ4n) is 1.61. The second-order valence-electron chi connectivity index (χ2n) is 4.18. The Bertz CT molecular complexity index is 580. The molecule has 1 atom stereocenters. The SMILES string of the molecule is CNc1ccnc(C(=O)NC(C)c2ncc(C)o2)c1. The predicted octanol–water partition coefficient (Wildman–Crippen LogP) is 1.91. The van der Waals surface area contributed by atoms with Gasteiger partial charge < -0.3 is 15.1 Å². The normalized spacial score (nSPS) is 11.9. The van der Waals surface area contributed by atoms with Crippen molar-refractivity contribution in [3.8, 4) is 0 Å². The number of rotatable bonds is 4. The third kappa shape index (κ3) is 3.09. The maximum atomic E-state index is 12.0. The molecule has 0 radical (unpaired) electrons. The summed E-state index contributed by atoms with van der Waals surface area (Å²) < 4.78 is 5.37. The number of oxazole rings is 1.